The van der Waals surface area contributed by atoms with E-state index in [2.05, 4.69) is 31.2 Å². The SMILES string of the molecule is CNc1ncc(Br)c(SCC(O)CO)n1. The molecule has 0 aromatic carbocycles. The van der Waals surface area contributed by atoms with E-state index in [1.54, 1.807) is 13.2 Å². The van der Waals surface area contributed by atoms with Crippen LogP contribution in [0.5, 0.6) is 0 Å². The first kappa shape index (κ1) is 12.7. The molecule has 0 amide bonds. The minimum atomic E-state index is -0.727. The minimum absolute atomic E-state index is 0.241. The summed E-state index contributed by atoms with van der Waals surface area (Å²) in [5, 5.41) is 21.4. The smallest absolute Gasteiger partial charge is 0.223 e. The van der Waals surface area contributed by atoms with Crippen molar-refractivity contribution in [2.24, 2.45) is 0 Å². The summed E-state index contributed by atoms with van der Waals surface area (Å²) in [7, 11) is 1.74. The number of rotatable bonds is 5. The van der Waals surface area contributed by atoms with Crippen molar-refractivity contribution >= 4 is 33.6 Å². The summed E-state index contributed by atoms with van der Waals surface area (Å²) in [5.41, 5.74) is 0. The molecule has 7 heteroatoms. The van der Waals surface area contributed by atoms with Crippen molar-refractivity contribution < 1.29 is 10.2 Å². The Balaban J connectivity index is 2.66. The van der Waals surface area contributed by atoms with Crippen LogP contribution in [0.15, 0.2) is 15.7 Å². The van der Waals surface area contributed by atoms with Crippen LogP contribution < -0.4 is 5.32 Å². The second kappa shape index (κ2) is 6.26. The lowest BCUT2D eigenvalue weighted by Gasteiger charge is -2.08. The highest BCUT2D eigenvalue weighted by Gasteiger charge is 2.08. The van der Waals surface area contributed by atoms with Gasteiger partial charge in [-0.2, -0.15) is 0 Å². The second-order valence-electron chi connectivity index (χ2n) is 2.74. The molecular formula is C8H12BrN3O2S. The Morgan fingerprint density at radius 3 is 3.00 bits per heavy atom. The highest BCUT2D eigenvalue weighted by molar-refractivity contribution is 9.10. The fourth-order valence-corrected chi connectivity index (χ4v) is 2.13. The number of halogens is 1. The highest BCUT2D eigenvalue weighted by atomic mass is 79.9. The summed E-state index contributed by atoms with van der Waals surface area (Å²) in [4.78, 5) is 8.21. The molecule has 15 heavy (non-hydrogen) atoms. The molecule has 0 saturated heterocycles. The largest absolute Gasteiger partial charge is 0.394 e. The van der Waals surface area contributed by atoms with Crippen LogP contribution in [0.1, 0.15) is 0 Å². The molecule has 0 aliphatic heterocycles. The van der Waals surface area contributed by atoms with Crippen molar-refractivity contribution in [3.05, 3.63) is 10.7 Å². The lowest BCUT2D eigenvalue weighted by atomic mass is 10.4. The van der Waals surface area contributed by atoms with Crippen LogP contribution in [0.3, 0.4) is 0 Å². The zero-order valence-corrected chi connectivity index (χ0v) is 10.5. The van der Waals surface area contributed by atoms with E-state index in [1.807, 2.05) is 0 Å². The number of nitrogens with zero attached hydrogens (tertiary/aromatic N) is 2. The highest BCUT2D eigenvalue weighted by Crippen LogP contribution is 2.25. The van der Waals surface area contributed by atoms with Crippen LogP contribution in [-0.2, 0) is 0 Å². The van der Waals surface area contributed by atoms with Crippen molar-refractivity contribution in [3.8, 4) is 0 Å². The molecule has 3 N–H and O–H groups in total. The topological polar surface area (TPSA) is 78.3 Å². The zero-order chi connectivity index (χ0) is 11.3. The van der Waals surface area contributed by atoms with Gasteiger partial charge >= 0.3 is 0 Å². The predicted molar refractivity (Wildman–Crippen MR) is 63.1 cm³/mol. The molecule has 5 nitrogen and oxygen atoms in total. The minimum Gasteiger partial charge on any atom is -0.394 e. The van der Waals surface area contributed by atoms with Gasteiger partial charge in [0.05, 0.1) is 17.2 Å². The second-order valence-corrected chi connectivity index (χ2v) is 4.61. The van der Waals surface area contributed by atoms with Gasteiger partial charge in [-0.1, -0.05) is 0 Å². The summed E-state index contributed by atoms with van der Waals surface area (Å²) < 4.78 is 0.775. The number of aromatic nitrogens is 2. The Labute approximate surface area is 100 Å². The number of aliphatic hydroxyl groups is 2. The van der Waals surface area contributed by atoms with E-state index in [4.69, 9.17) is 5.11 Å². The fraction of sp³-hybridized carbons (Fsp3) is 0.500. The van der Waals surface area contributed by atoms with Crippen molar-refractivity contribution in [3.63, 3.8) is 0 Å². The molecule has 0 radical (unpaired) electrons. The van der Waals surface area contributed by atoms with E-state index in [-0.39, 0.29) is 6.61 Å². The molecule has 0 aliphatic rings. The molecule has 0 bridgehead atoms. The first-order chi connectivity index (χ1) is 7.17. The Kier molecular flexibility index (Phi) is 5.30. The van der Waals surface area contributed by atoms with E-state index >= 15 is 0 Å². The monoisotopic (exact) mass is 293 g/mol. The molecule has 0 spiro atoms. The van der Waals surface area contributed by atoms with Crippen molar-refractivity contribution in [1.82, 2.24) is 9.97 Å². The normalized spacial score (nSPS) is 12.5. The maximum absolute atomic E-state index is 9.19. The molecule has 1 unspecified atom stereocenters. The third-order valence-electron chi connectivity index (χ3n) is 1.56. The van der Waals surface area contributed by atoms with Gasteiger partial charge in [0.2, 0.25) is 5.95 Å². The number of nitrogens with one attached hydrogen (secondary N) is 1. The van der Waals surface area contributed by atoms with Gasteiger partial charge in [-0.05, 0) is 15.9 Å². The van der Waals surface area contributed by atoms with E-state index in [9.17, 15) is 5.11 Å². The number of anilines is 1. The molecule has 0 saturated carbocycles. The standard InChI is InChI=1S/C8H12BrN3O2S/c1-10-8-11-2-6(9)7(12-8)15-4-5(14)3-13/h2,5,13-14H,3-4H2,1H3,(H,10,11,12). The fourth-order valence-electron chi connectivity index (χ4n) is 0.801. The van der Waals surface area contributed by atoms with Crippen LogP contribution in [0.2, 0.25) is 0 Å². The molecule has 1 rings (SSSR count). The number of hydrogen-bond acceptors (Lipinski definition) is 6. The van der Waals surface area contributed by atoms with Crippen molar-refractivity contribution in [1.29, 1.82) is 0 Å². The van der Waals surface area contributed by atoms with E-state index in [0.29, 0.717) is 11.7 Å². The third kappa shape index (κ3) is 3.94. The molecule has 0 aliphatic carbocycles. The summed E-state index contributed by atoms with van der Waals surface area (Å²) in [6.45, 7) is -0.241. The van der Waals surface area contributed by atoms with E-state index < -0.39 is 6.10 Å². The summed E-state index contributed by atoms with van der Waals surface area (Å²) >= 11 is 4.68. The first-order valence-electron chi connectivity index (χ1n) is 4.29. The van der Waals surface area contributed by atoms with Gasteiger partial charge in [-0.15, -0.1) is 11.8 Å². The number of aliphatic hydroxyl groups excluding tert-OH is 2. The summed E-state index contributed by atoms with van der Waals surface area (Å²) in [6, 6.07) is 0. The molecule has 1 aromatic heterocycles. The number of hydrogen-bond donors (Lipinski definition) is 3. The van der Waals surface area contributed by atoms with Gasteiger partial charge < -0.3 is 15.5 Å². The Morgan fingerprint density at radius 2 is 2.40 bits per heavy atom. The predicted octanol–water partition coefficient (Wildman–Crippen LogP) is 0.726. The molecule has 0 fully saturated rings. The average Bonchev–Trinajstić information content (AvgIpc) is 2.27. The van der Waals surface area contributed by atoms with E-state index in [1.165, 1.54) is 11.8 Å². The lowest BCUT2D eigenvalue weighted by Crippen LogP contribution is -2.14. The van der Waals surface area contributed by atoms with Gasteiger partial charge in [0.25, 0.3) is 0 Å². The first-order valence-corrected chi connectivity index (χ1v) is 6.07. The van der Waals surface area contributed by atoms with Crippen LogP contribution in [0.4, 0.5) is 5.95 Å². The van der Waals surface area contributed by atoms with Gasteiger partial charge in [0.1, 0.15) is 5.03 Å². The summed E-state index contributed by atoms with van der Waals surface area (Å²) in [6.07, 6.45) is 0.918. The van der Waals surface area contributed by atoms with Gasteiger partial charge in [0.15, 0.2) is 0 Å². The quantitative estimate of drug-likeness (QED) is 0.549. The van der Waals surface area contributed by atoms with Gasteiger partial charge in [-0.3, -0.25) is 0 Å². The molecule has 1 aromatic rings. The zero-order valence-electron chi connectivity index (χ0n) is 8.14. The van der Waals surface area contributed by atoms with Crippen LogP contribution in [0.25, 0.3) is 0 Å². The van der Waals surface area contributed by atoms with Gasteiger partial charge in [-0.25, -0.2) is 9.97 Å². The lowest BCUT2D eigenvalue weighted by molar-refractivity contribution is 0.113. The van der Waals surface area contributed by atoms with Crippen LogP contribution in [-0.4, -0.2) is 45.7 Å². The van der Waals surface area contributed by atoms with Crippen molar-refractivity contribution in [2.45, 2.75) is 11.1 Å². The molecule has 1 atom stereocenters. The maximum atomic E-state index is 9.19. The maximum Gasteiger partial charge on any atom is 0.223 e. The Morgan fingerprint density at radius 1 is 1.67 bits per heavy atom. The Bertz CT molecular complexity index is 327. The van der Waals surface area contributed by atoms with Crippen LogP contribution in [0, 0.1) is 0 Å². The molecule has 1 heterocycles. The number of thioether (sulfide) groups is 1. The molecule has 84 valence electrons. The van der Waals surface area contributed by atoms with Crippen molar-refractivity contribution in [2.75, 3.05) is 24.7 Å². The van der Waals surface area contributed by atoms with Gasteiger partial charge in [0, 0.05) is 19.0 Å². The Hall–Kier alpha value is -0.370. The molecular weight excluding hydrogens is 282 g/mol. The average molecular weight is 294 g/mol. The summed E-state index contributed by atoms with van der Waals surface area (Å²) in [5.74, 6) is 0.925. The van der Waals surface area contributed by atoms with Crippen LogP contribution >= 0.6 is 27.7 Å². The third-order valence-corrected chi connectivity index (χ3v) is 3.54. The van der Waals surface area contributed by atoms with E-state index in [0.717, 1.165) is 9.50 Å².